The zero-order chi connectivity index (χ0) is 15.0. The highest BCUT2D eigenvalue weighted by molar-refractivity contribution is 6.30. The lowest BCUT2D eigenvalue weighted by atomic mass is 10.2. The quantitative estimate of drug-likeness (QED) is 0.942. The van der Waals surface area contributed by atoms with Crippen LogP contribution < -0.4 is 4.90 Å². The highest BCUT2D eigenvalue weighted by atomic mass is 35.5. The van der Waals surface area contributed by atoms with Crippen molar-refractivity contribution >= 4 is 17.4 Å². The lowest BCUT2D eigenvalue weighted by Crippen LogP contribution is -2.27. The Morgan fingerprint density at radius 2 is 2.33 bits per heavy atom. The van der Waals surface area contributed by atoms with Crippen LogP contribution in [0.2, 0.25) is 5.02 Å². The van der Waals surface area contributed by atoms with Crippen LogP contribution in [0.3, 0.4) is 0 Å². The van der Waals surface area contributed by atoms with Gasteiger partial charge in [-0.2, -0.15) is 5.10 Å². The molecule has 1 N–H and O–H groups in total. The average molecular weight is 312 g/mol. The third-order valence-electron chi connectivity index (χ3n) is 3.57. The molecule has 0 spiro atoms. The second kappa shape index (κ2) is 5.57. The predicted octanol–water partition coefficient (Wildman–Crippen LogP) is 2.27. The summed E-state index contributed by atoms with van der Waals surface area (Å²) in [5.74, 6) is 1.11. The number of aryl methyl sites for hydroxylation is 1. The smallest absolute Gasteiger partial charge is 0.173 e. The Bertz CT molecular complexity index is 649. The van der Waals surface area contributed by atoms with Gasteiger partial charge in [0.25, 0.3) is 0 Å². The fourth-order valence-corrected chi connectivity index (χ4v) is 2.72. The first kappa shape index (κ1) is 14.2. The first-order chi connectivity index (χ1) is 10.1. The molecule has 2 aromatic rings. The molecule has 1 fully saturated rings. The van der Waals surface area contributed by atoms with Gasteiger partial charge in [0, 0.05) is 26.3 Å². The minimum Gasteiger partial charge on any atom is -0.380 e. The maximum Gasteiger partial charge on any atom is 0.173 e. The molecular formula is C13H15ClFN5O. The number of aromatic amines is 1. The van der Waals surface area contributed by atoms with Gasteiger partial charge in [0.15, 0.2) is 17.5 Å². The van der Waals surface area contributed by atoms with Crippen LogP contribution in [0, 0.1) is 12.7 Å². The van der Waals surface area contributed by atoms with Crippen molar-refractivity contribution in [1.29, 1.82) is 0 Å². The van der Waals surface area contributed by atoms with Crippen LogP contribution >= 0.6 is 11.6 Å². The second-order valence-electron chi connectivity index (χ2n) is 5.00. The summed E-state index contributed by atoms with van der Waals surface area (Å²) < 4.78 is 19.6. The van der Waals surface area contributed by atoms with E-state index in [2.05, 4.69) is 20.2 Å². The Labute approximate surface area is 126 Å². The van der Waals surface area contributed by atoms with Crippen molar-refractivity contribution in [1.82, 2.24) is 20.2 Å². The Hall–Kier alpha value is -1.73. The largest absolute Gasteiger partial charge is 0.380 e. The van der Waals surface area contributed by atoms with E-state index < -0.39 is 5.82 Å². The number of hydrogen-bond acceptors (Lipinski definition) is 5. The molecule has 6 nitrogen and oxygen atoms in total. The molecule has 0 unspecified atom stereocenters. The van der Waals surface area contributed by atoms with Gasteiger partial charge in [0.1, 0.15) is 5.82 Å². The molecule has 0 amide bonds. The van der Waals surface area contributed by atoms with E-state index in [9.17, 15) is 4.39 Å². The minimum absolute atomic E-state index is 0.0225. The Kier molecular flexibility index (Phi) is 3.77. The van der Waals surface area contributed by atoms with E-state index in [0.29, 0.717) is 18.8 Å². The van der Waals surface area contributed by atoms with Crippen LogP contribution in [0.25, 0.3) is 0 Å². The molecule has 112 valence electrons. The molecule has 1 saturated heterocycles. The summed E-state index contributed by atoms with van der Waals surface area (Å²) in [6.45, 7) is 2.35. The van der Waals surface area contributed by atoms with E-state index in [1.807, 2.05) is 11.8 Å². The predicted molar refractivity (Wildman–Crippen MR) is 75.8 cm³/mol. The third-order valence-corrected chi connectivity index (χ3v) is 3.78. The molecule has 1 aliphatic rings. The van der Waals surface area contributed by atoms with Gasteiger partial charge in [0.05, 0.1) is 17.2 Å². The van der Waals surface area contributed by atoms with E-state index in [4.69, 9.17) is 16.3 Å². The molecule has 8 heteroatoms. The number of halogens is 2. The Morgan fingerprint density at radius 3 is 2.95 bits per heavy atom. The number of nitrogens with one attached hydrogen (secondary N) is 1. The summed E-state index contributed by atoms with van der Waals surface area (Å²) in [6.07, 6.45) is 2.09. The van der Waals surface area contributed by atoms with Gasteiger partial charge < -0.3 is 9.64 Å². The fraction of sp³-hybridized carbons (Fsp3) is 0.462. The maximum atomic E-state index is 14.1. The molecule has 0 bridgehead atoms. The van der Waals surface area contributed by atoms with Crippen LogP contribution in [0.4, 0.5) is 10.2 Å². The van der Waals surface area contributed by atoms with Crippen molar-refractivity contribution in [2.45, 2.75) is 25.5 Å². The minimum atomic E-state index is -0.462. The number of methoxy groups -OCH3 is 1. The van der Waals surface area contributed by atoms with Crippen LogP contribution in [0.15, 0.2) is 12.3 Å². The Morgan fingerprint density at radius 1 is 1.52 bits per heavy atom. The molecule has 0 aliphatic carbocycles. The molecule has 3 rings (SSSR count). The van der Waals surface area contributed by atoms with Crippen LogP contribution in [-0.2, 0) is 4.74 Å². The average Bonchev–Trinajstić information content (AvgIpc) is 3.04. The number of H-pyrrole nitrogens is 1. The molecular weight excluding hydrogens is 297 g/mol. The zero-order valence-electron chi connectivity index (χ0n) is 11.7. The van der Waals surface area contributed by atoms with Crippen molar-refractivity contribution in [3.05, 3.63) is 34.8 Å². The van der Waals surface area contributed by atoms with Crippen LogP contribution in [-0.4, -0.2) is 39.9 Å². The van der Waals surface area contributed by atoms with Crippen molar-refractivity contribution < 1.29 is 9.13 Å². The fourth-order valence-electron chi connectivity index (χ4n) is 2.57. The molecule has 2 atom stereocenters. The van der Waals surface area contributed by atoms with E-state index in [1.54, 1.807) is 7.11 Å². The second-order valence-corrected chi connectivity index (χ2v) is 5.44. The number of nitrogens with zero attached hydrogens (tertiary/aromatic N) is 4. The number of hydrogen-bond donors (Lipinski definition) is 1. The molecule has 3 heterocycles. The summed E-state index contributed by atoms with van der Waals surface area (Å²) in [7, 11) is 1.64. The standard InChI is InChI=1S/C13H15ClFN5O/c1-7-17-12(19-18-7)11-4-9(21-2)6-20(11)13-10(15)3-8(14)5-16-13/h3,5,9,11H,4,6H2,1-2H3,(H,17,18,19)/t9-,11+/m1/s1. The first-order valence-electron chi connectivity index (χ1n) is 6.58. The number of anilines is 1. The number of pyridine rings is 1. The molecule has 1 aliphatic heterocycles. The summed E-state index contributed by atoms with van der Waals surface area (Å²) in [5.41, 5.74) is 0. The Balaban J connectivity index is 1.97. The van der Waals surface area contributed by atoms with E-state index in [1.165, 1.54) is 12.3 Å². The van der Waals surface area contributed by atoms with E-state index >= 15 is 0 Å². The molecule has 0 aromatic carbocycles. The van der Waals surface area contributed by atoms with Crippen molar-refractivity contribution in [3.8, 4) is 0 Å². The third kappa shape index (κ3) is 2.71. The van der Waals surface area contributed by atoms with Gasteiger partial charge in [-0.15, -0.1) is 0 Å². The van der Waals surface area contributed by atoms with Gasteiger partial charge in [-0.3, -0.25) is 5.10 Å². The topological polar surface area (TPSA) is 66.9 Å². The van der Waals surface area contributed by atoms with Crippen molar-refractivity contribution in [2.24, 2.45) is 0 Å². The summed E-state index contributed by atoms with van der Waals surface area (Å²) >= 11 is 5.76. The van der Waals surface area contributed by atoms with Crippen molar-refractivity contribution in [3.63, 3.8) is 0 Å². The number of ether oxygens (including phenoxy) is 1. The SMILES string of the molecule is CO[C@@H]1C[C@@H](c2n[nH]c(C)n2)N(c2ncc(Cl)cc2F)C1. The monoisotopic (exact) mass is 311 g/mol. The molecule has 0 radical (unpaired) electrons. The summed E-state index contributed by atoms with van der Waals surface area (Å²) in [6, 6.07) is 1.08. The lowest BCUT2D eigenvalue weighted by Gasteiger charge is -2.23. The number of rotatable bonds is 3. The maximum absolute atomic E-state index is 14.1. The lowest BCUT2D eigenvalue weighted by molar-refractivity contribution is 0.118. The number of aromatic nitrogens is 4. The molecule has 2 aromatic heterocycles. The van der Waals surface area contributed by atoms with E-state index in [-0.39, 0.29) is 23.0 Å². The van der Waals surface area contributed by atoms with Gasteiger partial charge in [0.2, 0.25) is 0 Å². The first-order valence-corrected chi connectivity index (χ1v) is 6.95. The molecule has 0 saturated carbocycles. The summed E-state index contributed by atoms with van der Waals surface area (Å²) in [5, 5.41) is 7.26. The van der Waals surface area contributed by atoms with Gasteiger partial charge >= 0.3 is 0 Å². The van der Waals surface area contributed by atoms with Crippen molar-refractivity contribution in [2.75, 3.05) is 18.6 Å². The van der Waals surface area contributed by atoms with E-state index in [0.717, 1.165) is 5.82 Å². The molecule has 21 heavy (non-hydrogen) atoms. The van der Waals surface area contributed by atoms with Crippen LogP contribution in [0.1, 0.15) is 24.1 Å². The summed E-state index contributed by atoms with van der Waals surface area (Å²) in [4.78, 5) is 10.3. The highest BCUT2D eigenvalue weighted by Gasteiger charge is 2.37. The zero-order valence-corrected chi connectivity index (χ0v) is 12.4. The van der Waals surface area contributed by atoms with Gasteiger partial charge in [-0.25, -0.2) is 14.4 Å². The highest BCUT2D eigenvalue weighted by Crippen LogP contribution is 2.36. The van der Waals surface area contributed by atoms with Gasteiger partial charge in [-0.1, -0.05) is 11.6 Å². The normalized spacial score (nSPS) is 22.0. The van der Waals surface area contributed by atoms with Gasteiger partial charge in [-0.05, 0) is 13.0 Å². The van der Waals surface area contributed by atoms with Crippen LogP contribution in [0.5, 0.6) is 0 Å².